The summed E-state index contributed by atoms with van der Waals surface area (Å²) in [7, 11) is 1.62. The molecule has 2 rings (SSSR count). The molecule has 2 aromatic rings. The van der Waals surface area contributed by atoms with E-state index in [0.717, 1.165) is 17.1 Å². The van der Waals surface area contributed by atoms with Gasteiger partial charge < -0.3 is 9.47 Å². The van der Waals surface area contributed by atoms with Crippen molar-refractivity contribution in [1.29, 1.82) is 0 Å². The second-order valence-electron chi connectivity index (χ2n) is 4.51. The Bertz CT molecular complexity index is 606. The molecule has 20 heavy (non-hydrogen) atoms. The molecule has 0 radical (unpaired) electrons. The number of nitrogens with zero attached hydrogens (tertiary/aromatic N) is 1. The first-order valence-corrected chi connectivity index (χ1v) is 6.34. The number of aromatic nitrogens is 1. The van der Waals surface area contributed by atoms with Gasteiger partial charge in [0.2, 0.25) is 0 Å². The lowest BCUT2D eigenvalue weighted by Gasteiger charge is -2.08. The average Bonchev–Trinajstić information content (AvgIpc) is 2.45. The number of ether oxygens (including phenoxy) is 2. The molecule has 0 bridgehead atoms. The number of hydrogen-bond acceptors (Lipinski definition) is 4. The maximum absolute atomic E-state index is 11.2. The van der Waals surface area contributed by atoms with Crippen molar-refractivity contribution in [2.45, 2.75) is 20.5 Å². The molecule has 104 valence electrons. The molecule has 0 atom stereocenters. The quantitative estimate of drug-likeness (QED) is 0.784. The summed E-state index contributed by atoms with van der Waals surface area (Å²) >= 11 is 0. The number of benzene rings is 1. The van der Waals surface area contributed by atoms with Crippen LogP contribution < -0.4 is 9.47 Å². The molecule has 0 fully saturated rings. The van der Waals surface area contributed by atoms with E-state index in [1.807, 2.05) is 19.1 Å². The molecular weight excluding hydrogens is 254 g/mol. The van der Waals surface area contributed by atoms with Crippen molar-refractivity contribution in [3.63, 3.8) is 0 Å². The van der Waals surface area contributed by atoms with Gasteiger partial charge in [-0.2, -0.15) is 0 Å². The molecule has 1 aromatic heterocycles. The van der Waals surface area contributed by atoms with Gasteiger partial charge in [0.15, 0.2) is 5.78 Å². The first-order valence-electron chi connectivity index (χ1n) is 6.34. The molecule has 0 saturated heterocycles. The standard InChI is InChI=1S/C16H17NO3/c1-11-8-16(19-3)9-14(17-11)10-20-15-6-4-13(5-7-15)12(2)18/h4-9H,10H2,1-3H3. The number of carbonyl (C=O) groups is 1. The fourth-order valence-corrected chi connectivity index (χ4v) is 1.84. The third-order valence-corrected chi connectivity index (χ3v) is 2.86. The Balaban J connectivity index is 2.04. The van der Waals surface area contributed by atoms with E-state index >= 15 is 0 Å². The maximum atomic E-state index is 11.2. The lowest BCUT2D eigenvalue weighted by molar-refractivity contribution is 0.101. The molecule has 0 amide bonds. The lowest BCUT2D eigenvalue weighted by Crippen LogP contribution is -2.01. The summed E-state index contributed by atoms with van der Waals surface area (Å²) in [5.41, 5.74) is 2.36. The largest absolute Gasteiger partial charge is 0.497 e. The number of ketones is 1. The summed E-state index contributed by atoms with van der Waals surface area (Å²) in [6.07, 6.45) is 0. The first kappa shape index (κ1) is 14.1. The second kappa shape index (κ2) is 6.19. The van der Waals surface area contributed by atoms with Crippen molar-refractivity contribution in [2.24, 2.45) is 0 Å². The van der Waals surface area contributed by atoms with E-state index in [-0.39, 0.29) is 5.78 Å². The third-order valence-electron chi connectivity index (χ3n) is 2.86. The smallest absolute Gasteiger partial charge is 0.159 e. The minimum absolute atomic E-state index is 0.0432. The van der Waals surface area contributed by atoms with Gasteiger partial charge in [0.05, 0.1) is 12.8 Å². The Labute approximate surface area is 118 Å². The van der Waals surface area contributed by atoms with E-state index in [1.165, 1.54) is 0 Å². The summed E-state index contributed by atoms with van der Waals surface area (Å²) in [6.45, 7) is 3.81. The predicted octanol–water partition coefficient (Wildman–Crippen LogP) is 3.18. The first-order chi connectivity index (χ1) is 9.58. The molecular formula is C16H17NO3. The molecule has 1 heterocycles. The monoisotopic (exact) mass is 271 g/mol. The van der Waals surface area contributed by atoms with Crippen LogP contribution in [0, 0.1) is 6.92 Å². The van der Waals surface area contributed by atoms with Gasteiger partial charge in [0.1, 0.15) is 18.1 Å². The molecule has 0 aliphatic carbocycles. The zero-order chi connectivity index (χ0) is 14.5. The molecule has 0 spiro atoms. The normalized spacial score (nSPS) is 10.2. The van der Waals surface area contributed by atoms with Crippen LogP contribution in [0.2, 0.25) is 0 Å². The minimum atomic E-state index is 0.0432. The highest BCUT2D eigenvalue weighted by Gasteiger charge is 2.03. The van der Waals surface area contributed by atoms with Gasteiger partial charge in [-0.25, -0.2) is 0 Å². The van der Waals surface area contributed by atoms with Gasteiger partial charge in [0.25, 0.3) is 0 Å². The van der Waals surface area contributed by atoms with Crippen molar-refractivity contribution < 1.29 is 14.3 Å². The van der Waals surface area contributed by atoms with Crippen LogP contribution in [0.15, 0.2) is 36.4 Å². The van der Waals surface area contributed by atoms with Crippen molar-refractivity contribution in [1.82, 2.24) is 4.98 Å². The zero-order valence-electron chi connectivity index (χ0n) is 11.8. The van der Waals surface area contributed by atoms with Gasteiger partial charge in [0, 0.05) is 23.4 Å². The Morgan fingerprint density at radius 2 is 1.85 bits per heavy atom. The van der Waals surface area contributed by atoms with Crippen LogP contribution in [0.3, 0.4) is 0 Å². The van der Waals surface area contributed by atoms with Crippen LogP contribution in [0.5, 0.6) is 11.5 Å². The van der Waals surface area contributed by atoms with Crippen molar-refractivity contribution >= 4 is 5.78 Å². The molecule has 0 saturated carbocycles. The fourth-order valence-electron chi connectivity index (χ4n) is 1.84. The average molecular weight is 271 g/mol. The Morgan fingerprint density at radius 1 is 1.15 bits per heavy atom. The number of hydrogen-bond donors (Lipinski definition) is 0. The van der Waals surface area contributed by atoms with Gasteiger partial charge in [-0.05, 0) is 38.1 Å². The van der Waals surface area contributed by atoms with E-state index in [9.17, 15) is 4.79 Å². The Kier molecular flexibility index (Phi) is 4.35. The van der Waals surface area contributed by atoms with E-state index in [2.05, 4.69) is 4.98 Å². The van der Waals surface area contributed by atoms with Crippen molar-refractivity contribution in [3.8, 4) is 11.5 Å². The fraction of sp³-hybridized carbons (Fsp3) is 0.250. The van der Waals surface area contributed by atoms with Gasteiger partial charge in [-0.15, -0.1) is 0 Å². The highest BCUT2D eigenvalue weighted by molar-refractivity contribution is 5.94. The van der Waals surface area contributed by atoms with E-state index in [0.29, 0.717) is 17.9 Å². The minimum Gasteiger partial charge on any atom is -0.497 e. The number of methoxy groups -OCH3 is 1. The van der Waals surface area contributed by atoms with Crippen molar-refractivity contribution in [3.05, 3.63) is 53.3 Å². The SMILES string of the molecule is COc1cc(C)nc(COc2ccc(C(C)=O)cc2)c1. The predicted molar refractivity (Wildman–Crippen MR) is 76.3 cm³/mol. The van der Waals surface area contributed by atoms with Crippen LogP contribution in [0.1, 0.15) is 28.7 Å². The second-order valence-corrected chi connectivity index (χ2v) is 4.51. The molecule has 0 N–H and O–H groups in total. The Hall–Kier alpha value is -2.36. The zero-order valence-corrected chi connectivity index (χ0v) is 11.8. The summed E-state index contributed by atoms with van der Waals surface area (Å²) in [6, 6.07) is 10.8. The van der Waals surface area contributed by atoms with Crippen LogP contribution in [-0.2, 0) is 6.61 Å². The molecule has 4 heteroatoms. The molecule has 0 aliphatic heterocycles. The number of rotatable bonds is 5. The summed E-state index contributed by atoms with van der Waals surface area (Å²) in [5, 5.41) is 0. The molecule has 4 nitrogen and oxygen atoms in total. The highest BCUT2D eigenvalue weighted by atomic mass is 16.5. The molecule has 0 aliphatic rings. The third kappa shape index (κ3) is 3.57. The summed E-state index contributed by atoms with van der Waals surface area (Å²) < 4.78 is 10.8. The highest BCUT2D eigenvalue weighted by Crippen LogP contribution is 2.17. The summed E-state index contributed by atoms with van der Waals surface area (Å²) in [5.74, 6) is 1.52. The lowest BCUT2D eigenvalue weighted by atomic mass is 10.1. The van der Waals surface area contributed by atoms with Gasteiger partial charge in [-0.1, -0.05) is 0 Å². The molecule has 1 aromatic carbocycles. The van der Waals surface area contributed by atoms with Gasteiger partial charge in [-0.3, -0.25) is 9.78 Å². The number of aryl methyl sites for hydroxylation is 1. The van der Waals surface area contributed by atoms with Crippen LogP contribution in [0.4, 0.5) is 0 Å². The van der Waals surface area contributed by atoms with Crippen molar-refractivity contribution in [2.75, 3.05) is 7.11 Å². The van der Waals surface area contributed by atoms with Crippen LogP contribution >= 0.6 is 0 Å². The van der Waals surface area contributed by atoms with Crippen LogP contribution in [-0.4, -0.2) is 17.9 Å². The van der Waals surface area contributed by atoms with E-state index < -0.39 is 0 Å². The summed E-state index contributed by atoms with van der Waals surface area (Å²) in [4.78, 5) is 15.6. The number of Topliss-reactive ketones (excluding diaryl/α,β-unsaturated/α-hetero) is 1. The van der Waals surface area contributed by atoms with E-state index in [1.54, 1.807) is 38.3 Å². The number of pyridine rings is 1. The Morgan fingerprint density at radius 3 is 2.45 bits per heavy atom. The number of carbonyl (C=O) groups excluding carboxylic acids is 1. The van der Waals surface area contributed by atoms with Gasteiger partial charge >= 0.3 is 0 Å². The molecule has 0 unspecified atom stereocenters. The maximum Gasteiger partial charge on any atom is 0.159 e. The van der Waals surface area contributed by atoms with Crippen LogP contribution in [0.25, 0.3) is 0 Å². The topological polar surface area (TPSA) is 48.4 Å². The van der Waals surface area contributed by atoms with E-state index in [4.69, 9.17) is 9.47 Å².